The Morgan fingerprint density at radius 1 is 1.10 bits per heavy atom. The van der Waals surface area contributed by atoms with Crippen molar-refractivity contribution in [2.45, 2.75) is 13.0 Å². The van der Waals surface area contributed by atoms with Crippen molar-refractivity contribution in [1.29, 1.82) is 0 Å². The van der Waals surface area contributed by atoms with Crippen LogP contribution in [-0.4, -0.2) is 44.5 Å². The summed E-state index contributed by atoms with van der Waals surface area (Å²) in [6.07, 6.45) is 6.96. The predicted octanol–water partition coefficient (Wildman–Crippen LogP) is 3.14. The first-order valence-electron chi connectivity index (χ1n) is 9.21. The van der Waals surface area contributed by atoms with Gasteiger partial charge in [-0.25, -0.2) is 14.5 Å². The third kappa shape index (κ3) is 3.37. The Balaban J connectivity index is 1.62. The number of anilines is 1. The van der Waals surface area contributed by atoms with Gasteiger partial charge in [-0.2, -0.15) is 15.2 Å². The highest BCUT2D eigenvalue weighted by atomic mass is 35.5. The highest BCUT2D eigenvalue weighted by Crippen LogP contribution is 2.27. The van der Waals surface area contributed by atoms with Crippen molar-refractivity contribution in [2.75, 3.05) is 5.32 Å². The molecular weight excluding hydrogens is 404 g/mol. The van der Waals surface area contributed by atoms with Crippen LogP contribution in [0, 0.1) is 0 Å². The summed E-state index contributed by atoms with van der Waals surface area (Å²) < 4.78 is 3.44. The van der Waals surface area contributed by atoms with E-state index < -0.39 is 0 Å². The molecule has 1 aromatic carbocycles. The molecule has 0 aliphatic heterocycles. The van der Waals surface area contributed by atoms with E-state index in [9.17, 15) is 0 Å². The molecule has 0 unspecified atom stereocenters. The summed E-state index contributed by atoms with van der Waals surface area (Å²) in [5.74, 6) is 1.15. The van der Waals surface area contributed by atoms with Gasteiger partial charge in [0, 0.05) is 29.4 Å². The Kier molecular flexibility index (Phi) is 4.40. The van der Waals surface area contributed by atoms with Crippen LogP contribution in [0.3, 0.4) is 0 Å². The van der Waals surface area contributed by atoms with E-state index in [1.54, 1.807) is 15.4 Å². The lowest BCUT2D eigenvalue weighted by Gasteiger charge is -2.07. The van der Waals surface area contributed by atoms with Crippen molar-refractivity contribution in [3.05, 3.63) is 60.0 Å². The van der Waals surface area contributed by atoms with Crippen LogP contribution in [0.1, 0.15) is 18.8 Å². The third-order valence-corrected chi connectivity index (χ3v) is 4.88. The smallest absolute Gasteiger partial charge is 0.243 e. The zero-order chi connectivity index (χ0) is 20.7. The van der Waals surface area contributed by atoms with E-state index in [4.69, 9.17) is 16.6 Å². The number of nitrogens with zero attached hydrogens (tertiary/aromatic N) is 8. The highest BCUT2D eigenvalue weighted by Gasteiger charge is 2.17. The summed E-state index contributed by atoms with van der Waals surface area (Å²) in [5, 5.41) is 19.5. The highest BCUT2D eigenvalue weighted by molar-refractivity contribution is 6.30. The molecule has 5 aromatic rings. The van der Waals surface area contributed by atoms with E-state index in [-0.39, 0.29) is 6.04 Å². The molecule has 0 bridgehead atoms. The number of rotatable bonds is 5. The van der Waals surface area contributed by atoms with Gasteiger partial charge in [-0.3, -0.25) is 9.78 Å². The second-order valence-electron chi connectivity index (χ2n) is 6.82. The lowest BCUT2D eigenvalue weighted by molar-refractivity contribution is 0.768. The molecule has 0 saturated heterocycles. The molecule has 0 saturated carbocycles. The number of halogens is 1. The fourth-order valence-electron chi connectivity index (χ4n) is 3.13. The number of H-pyrrole nitrogens is 1. The lowest BCUT2D eigenvalue weighted by atomic mass is 10.1. The van der Waals surface area contributed by atoms with E-state index in [2.05, 4.69) is 35.7 Å². The van der Waals surface area contributed by atoms with Crippen molar-refractivity contribution in [1.82, 2.24) is 44.5 Å². The number of hydrogen-bond acceptors (Lipinski definition) is 7. The van der Waals surface area contributed by atoms with Crippen LogP contribution in [0.25, 0.3) is 28.2 Å². The molecule has 0 aliphatic rings. The molecule has 5 rings (SSSR count). The number of aromatic amines is 1. The largest absolute Gasteiger partial charge is 0.343 e. The zero-order valence-electron chi connectivity index (χ0n) is 16.2. The molecule has 2 N–H and O–H groups in total. The van der Waals surface area contributed by atoms with Crippen molar-refractivity contribution < 1.29 is 0 Å². The van der Waals surface area contributed by atoms with Gasteiger partial charge >= 0.3 is 0 Å². The van der Waals surface area contributed by atoms with Crippen molar-refractivity contribution in [3.63, 3.8) is 0 Å². The summed E-state index contributed by atoms with van der Waals surface area (Å²) in [5.41, 5.74) is 3.82. The molecule has 1 atom stereocenters. The first kappa shape index (κ1) is 18.3. The number of aromatic nitrogens is 9. The maximum absolute atomic E-state index is 6.04. The van der Waals surface area contributed by atoms with Gasteiger partial charge in [0.1, 0.15) is 17.8 Å². The molecule has 150 valence electrons. The first-order chi connectivity index (χ1) is 14.6. The summed E-state index contributed by atoms with van der Waals surface area (Å²) in [6.45, 7) is 1.95. The average Bonchev–Trinajstić information content (AvgIpc) is 3.48. The molecule has 0 spiro atoms. The Bertz CT molecular complexity index is 1300. The molecular formula is C19H17ClN10. The Morgan fingerprint density at radius 2 is 1.93 bits per heavy atom. The second kappa shape index (κ2) is 7.23. The van der Waals surface area contributed by atoms with Gasteiger partial charge in [0.25, 0.3) is 0 Å². The Hall–Kier alpha value is -3.79. The summed E-state index contributed by atoms with van der Waals surface area (Å²) in [6, 6.07) is 7.37. The Labute approximate surface area is 176 Å². The molecule has 10 nitrogen and oxygen atoms in total. The third-order valence-electron chi connectivity index (χ3n) is 4.63. The topological polar surface area (TPSA) is 114 Å². The number of hydrogen-bond donors (Lipinski definition) is 2. The van der Waals surface area contributed by atoms with Crippen LogP contribution in [0.15, 0.2) is 49.2 Å². The molecule has 0 radical (unpaired) electrons. The minimum Gasteiger partial charge on any atom is -0.343 e. The van der Waals surface area contributed by atoms with E-state index in [0.29, 0.717) is 28.1 Å². The van der Waals surface area contributed by atoms with Gasteiger partial charge < -0.3 is 5.32 Å². The van der Waals surface area contributed by atoms with E-state index in [1.807, 2.05) is 50.6 Å². The van der Waals surface area contributed by atoms with Crippen molar-refractivity contribution in [2.24, 2.45) is 7.05 Å². The number of nitrogens with one attached hydrogen (secondary N) is 2. The Morgan fingerprint density at radius 3 is 2.63 bits per heavy atom. The normalized spacial score (nSPS) is 12.4. The van der Waals surface area contributed by atoms with Gasteiger partial charge in [-0.15, -0.1) is 5.10 Å². The number of aryl methyl sites for hydroxylation is 1. The van der Waals surface area contributed by atoms with Crippen LogP contribution in [0.4, 0.5) is 5.95 Å². The van der Waals surface area contributed by atoms with Gasteiger partial charge in [0.05, 0.1) is 24.1 Å². The van der Waals surface area contributed by atoms with Crippen molar-refractivity contribution in [3.8, 4) is 22.5 Å². The molecule has 11 heteroatoms. The lowest BCUT2D eigenvalue weighted by Crippen LogP contribution is -2.09. The number of fused-ring (bicyclic) bond motifs is 1. The fourth-order valence-corrected chi connectivity index (χ4v) is 3.26. The van der Waals surface area contributed by atoms with Gasteiger partial charge in [-0.1, -0.05) is 23.7 Å². The number of benzene rings is 1. The first-order valence-corrected chi connectivity index (χ1v) is 9.59. The minimum absolute atomic E-state index is 0.143. The quantitative estimate of drug-likeness (QED) is 0.448. The fraction of sp³-hybridized carbons (Fsp3) is 0.158. The molecule has 0 amide bonds. The molecule has 30 heavy (non-hydrogen) atoms. The second-order valence-corrected chi connectivity index (χ2v) is 7.26. The van der Waals surface area contributed by atoms with Crippen molar-refractivity contribution >= 4 is 23.2 Å². The van der Waals surface area contributed by atoms with E-state index in [1.165, 1.54) is 6.33 Å². The monoisotopic (exact) mass is 420 g/mol. The summed E-state index contributed by atoms with van der Waals surface area (Å²) in [7, 11) is 1.86. The zero-order valence-corrected chi connectivity index (χ0v) is 16.9. The summed E-state index contributed by atoms with van der Waals surface area (Å²) >= 11 is 6.04. The molecule has 0 fully saturated rings. The minimum atomic E-state index is -0.143. The van der Waals surface area contributed by atoms with Crippen LogP contribution in [0.2, 0.25) is 5.02 Å². The predicted molar refractivity (Wildman–Crippen MR) is 112 cm³/mol. The van der Waals surface area contributed by atoms with Gasteiger partial charge in [-0.05, 0) is 19.1 Å². The SMILES string of the molecule is C[C@H](Nc1nc2c(-c3cnn(C)c3)nc(-c3ccc(Cl)cc3)cn2n1)c1ncn[nH]1. The molecule has 4 aromatic heterocycles. The standard InChI is InChI=1S/C19H17ClN10/c1-11(17-21-10-22-27-17)24-19-26-18-16(13-7-23-29(2)8-13)25-15(9-30(18)28-19)12-3-5-14(20)6-4-12/h3-11H,1-2H3,(H,24,28)(H,21,22,27)/t11-/m0/s1. The molecule has 0 aliphatic carbocycles. The maximum Gasteiger partial charge on any atom is 0.243 e. The van der Waals surface area contributed by atoms with Crippen LogP contribution >= 0.6 is 11.6 Å². The van der Waals surface area contributed by atoms with Gasteiger partial charge in [0.2, 0.25) is 5.95 Å². The van der Waals surface area contributed by atoms with Crippen LogP contribution in [-0.2, 0) is 7.05 Å². The van der Waals surface area contributed by atoms with Crippen LogP contribution < -0.4 is 5.32 Å². The average molecular weight is 421 g/mol. The van der Waals surface area contributed by atoms with E-state index >= 15 is 0 Å². The maximum atomic E-state index is 6.04. The van der Waals surface area contributed by atoms with E-state index in [0.717, 1.165) is 16.8 Å². The summed E-state index contributed by atoms with van der Waals surface area (Å²) in [4.78, 5) is 13.7. The molecule has 4 heterocycles. The van der Waals surface area contributed by atoms with Crippen LogP contribution in [0.5, 0.6) is 0 Å². The van der Waals surface area contributed by atoms with Gasteiger partial charge in [0.15, 0.2) is 5.65 Å².